The van der Waals surface area contributed by atoms with E-state index >= 15 is 4.39 Å². The summed E-state index contributed by atoms with van der Waals surface area (Å²) in [4.78, 5) is 68.8. The van der Waals surface area contributed by atoms with Crippen molar-refractivity contribution in [3.63, 3.8) is 0 Å². The van der Waals surface area contributed by atoms with Crippen molar-refractivity contribution in [1.82, 2.24) is 19.7 Å². The number of primary amides is 1. The van der Waals surface area contributed by atoms with Crippen molar-refractivity contribution in [2.75, 3.05) is 39.5 Å². The predicted molar refractivity (Wildman–Crippen MR) is 249 cm³/mol. The summed E-state index contributed by atoms with van der Waals surface area (Å²) in [5, 5.41) is 13.0. The van der Waals surface area contributed by atoms with Gasteiger partial charge in [0.25, 0.3) is 0 Å². The number of carbonyl (C=O) groups excluding carboxylic acids is 5. The fraction of sp³-hybridized carbons (Fsp3) is 0.543. The minimum Gasteiger partial charge on any atom is -0.464 e. The van der Waals surface area contributed by atoms with Gasteiger partial charge < -0.3 is 40.8 Å². The van der Waals surface area contributed by atoms with Gasteiger partial charge in [0.1, 0.15) is 24.3 Å². The Kier molecular flexibility index (Phi) is 19.9. The SMILES string of the molecule is CC(C)(C)[C@H](c1cc(-c2cc(F)ccc2F)cn1Cc1ccccc1)N(CC[C@H](N)C(=O)NCCN(C(=O)OCC[Si](C)(C)C)[C@@H](CCC(N)=O)C(=O)OCC[Si](C)(C)C)C(=O)CO. The minimum absolute atomic E-state index is 0.0379. The third kappa shape index (κ3) is 17.2. The van der Waals surface area contributed by atoms with E-state index in [1.165, 1.54) is 4.90 Å². The van der Waals surface area contributed by atoms with Crippen LogP contribution in [0.5, 0.6) is 0 Å². The highest BCUT2D eigenvalue weighted by Crippen LogP contribution is 2.41. The smallest absolute Gasteiger partial charge is 0.410 e. The van der Waals surface area contributed by atoms with E-state index in [1.54, 1.807) is 12.3 Å². The third-order valence-electron chi connectivity index (χ3n) is 10.6. The molecule has 0 radical (unpaired) electrons. The number of esters is 1. The zero-order valence-electron chi connectivity index (χ0n) is 39.0. The van der Waals surface area contributed by atoms with Crippen molar-refractivity contribution in [2.24, 2.45) is 16.9 Å². The van der Waals surface area contributed by atoms with Crippen LogP contribution in [-0.4, -0.2) is 117 Å². The molecular formula is C46H70F2N6O8Si2. The van der Waals surface area contributed by atoms with Crippen molar-refractivity contribution in [1.29, 1.82) is 0 Å². The lowest BCUT2D eigenvalue weighted by Gasteiger charge is -2.41. The molecule has 64 heavy (non-hydrogen) atoms. The average molecular weight is 929 g/mol. The second kappa shape index (κ2) is 23.8. The van der Waals surface area contributed by atoms with Crippen LogP contribution in [0, 0.1) is 17.0 Å². The lowest BCUT2D eigenvalue weighted by molar-refractivity contribution is -0.149. The first-order valence-electron chi connectivity index (χ1n) is 21.8. The minimum atomic E-state index is -1.61. The van der Waals surface area contributed by atoms with Gasteiger partial charge in [-0.3, -0.25) is 19.3 Å². The molecule has 3 aromatic rings. The number of carbonyl (C=O) groups is 5. The molecule has 0 bridgehead atoms. The number of aliphatic hydroxyl groups is 1. The maximum Gasteiger partial charge on any atom is 0.410 e. The van der Waals surface area contributed by atoms with Gasteiger partial charge in [-0.2, -0.15) is 0 Å². The van der Waals surface area contributed by atoms with Gasteiger partial charge in [0.15, 0.2) is 0 Å². The van der Waals surface area contributed by atoms with Gasteiger partial charge in [0.05, 0.1) is 25.3 Å². The Morgan fingerprint density at radius 1 is 0.859 bits per heavy atom. The molecule has 4 amide bonds. The van der Waals surface area contributed by atoms with Crippen LogP contribution < -0.4 is 16.8 Å². The quantitative estimate of drug-likeness (QED) is 0.0571. The molecule has 0 aliphatic carbocycles. The van der Waals surface area contributed by atoms with Crippen LogP contribution in [0.1, 0.15) is 57.3 Å². The zero-order chi connectivity index (χ0) is 48.0. The number of hydrogen-bond donors (Lipinski definition) is 4. The first kappa shape index (κ1) is 53.4. The number of aromatic nitrogens is 1. The van der Waals surface area contributed by atoms with E-state index in [9.17, 15) is 33.5 Å². The zero-order valence-corrected chi connectivity index (χ0v) is 41.0. The summed E-state index contributed by atoms with van der Waals surface area (Å²) in [6, 6.07) is 12.6. The van der Waals surface area contributed by atoms with Gasteiger partial charge in [-0.15, -0.1) is 0 Å². The summed E-state index contributed by atoms with van der Waals surface area (Å²) in [6.45, 7) is 17.8. The van der Waals surface area contributed by atoms with Gasteiger partial charge >= 0.3 is 12.1 Å². The molecule has 0 aliphatic heterocycles. The van der Waals surface area contributed by atoms with E-state index in [4.69, 9.17) is 20.9 Å². The van der Waals surface area contributed by atoms with Crippen LogP contribution in [-0.2, 0) is 35.2 Å². The predicted octanol–water partition coefficient (Wildman–Crippen LogP) is 6.52. The first-order valence-corrected chi connectivity index (χ1v) is 29.2. The number of halogens is 2. The summed E-state index contributed by atoms with van der Waals surface area (Å²) in [5.41, 5.74) is 13.1. The molecule has 0 fully saturated rings. The normalized spacial score (nSPS) is 13.4. The van der Waals surface area contributed by atoms with Gasteiger partial charge in [-0.1, -0.05) is 90.4 Å². The molecular weight excluding hydrogens is 859 g/mol. The molecule has 0 saturated heterocycles. The lowest BCUT2D eigenvalue weighted by atomic mass is 9.82. The first-order chi connectivity index (χ1) is 29.8. The van der Waals surface area contributed by atoms with Gasteiger partial charge in [-0.25, -0.2) is 18.4 Å². The van der Waals surface area contributed by atoms with Gasteiger partial charge in [0, 0.05) is 71.8 Å². The molecule has 18 heteroatoms. The molecule has 0 saturated carbocycles. The largest absolute Gasteiger partial charge is 0.464 e. The maximum atomic E-state index is 15.2. The molecule has 3 rings (SSSR count). The Morgan fingerprint density at radius 2 is 1.48 bits per heavy atom. The fourth-order valence-corrected chi connectivity index (χ4v) is 8.50. The number of ether oxygens (including phenoxy) is 2. The summed E-state index contributed by atoms with van der Waals surface area (Å²) in [7, 11) is -3.19. The van der Waals surface area contributed by atoms with Crippen molar-refractivity contribution < 1.29 is 47.3 Å². The van der Waals surface area contributed by atoms with Gasteiger partial charge in [-0.05, 0) is 60.2 Å². The molecule has 3 atom stereocenters. The Hall–Kier alpha value is -4.92. The summed E-state index contributed by atoms with van der Waals surface area (Å²) in [6.07, 6.45) is 0.524. The maximum absolute atomic E-state index is 15.2. The third-order valence-corrected chi connectivity index (χ3v) is 14.0. The molecule has 2 aromatic carbocycles. The number of benzene rings is 2. The fourth-order valence-electron chi connectivity index (χ4n) is 7.08. The van der Waals surface area contributed by atoms with E-state index in [0.29, 0.717) is 29.9 Å². The lowest BCUT2D eigenvalue weighted by Crippen LogP contribution is -2.51. The number of amides is 4. The molecule has 14 nitrogen and oxygen atoms in total. The summed E-state index contributed by atoms with van der Waals surface area (Å²) in [5.74, 6) is -3.88. The number of rotatable bonds is 24. The van der Waals surface area contributed by atoms with Crippen molar-refractivity contribution in [3.05, 3.63) is 83.7 Å². The number of nitrogens with zero attached hydrogens (tertiary/aromatic N) is 3. The molecule has 354 valence electrons. The van der Waals surface area contributed by atoms with E-state index in [2.05, 4.69) is 44.6 Å². The van der Waals surface area contributed by atoms with Crippen LogP contribution in [0.25, 0.3) is 11.1 Å². The standard InChI is InChI=1S/C46H70F2N6O8Si2/c1-46(2,3)42(39-27-33(35-28-34(47)15-16-36(35)48)30-52(39)29-32-13-11-10-12-14-32)54(41(57)31-55)21-19-37(49)43(58)51-20-22-53(45(60)62-24-26-64(7,8)9)38(17-18-40(50)56)44(59)61-23-25-63(4,5)6/h10-16,27-28,30,37-38,42,55H,17-26,29,31,49H2,1-9H3,(H2,50,56)(H,51,58)/t37-,38-,42-/m0/s1. The number of nitrogens with one attached hydrogen (secondary N) is 1. The second-order valence-corrected chi connectivity index (χ2v) is 31.0. The molecule has 0 aliphatic rings. The van der Waals surface area contributed by atoms with Crippen LogP contribution >= 0.6 is 0 Å². The topological polar surface area (TPSA) is 200 Å². The van der Waals surface area contributed by atoms with Crippen LogP contribution in [0.2, 0.25) is 51.4 Å². The highest BCUT2D eigenvalue weighted by molar-refractivity contribution is 6.76. The molecule has 6 N–H and O–H groups in total. The van der Waals surface area contributed by atoms with Crippen LogP contribution in [0.4, 0.5) is 13.6 Å². The van der Waals surface area contributed by atoms with Crippen LogP contribution in [0.15, 0.2) is 60.8 Å². The Labute approximate surface area is 379 Å². The highest BCUT2D eigenvalue weighted by Gasteiger charge is 2.38. The van der Waals surface area contributed by atoms with Crippen molar-refractivity contribution >= 4 is 45.9 Å². The highest BCUT2D eigenvalue weighted by atomic mass is 28.3. The van der Waals surface area contributed by atoms with E-state index in [-0.39, 0.29) is 57.7 Å². The molecule has 0 unspecified atom stereocenters. The van der Waals surface area contributed by atoms with E-state index in [1.807, 2.05) is 55.7 Å². The Morgan fingerprint density at radius 3 is 2.06 bits per heavy atom. The molecule has 1 aromatic heterocycles. The monoisotopic (exact) mass is 928 g/mol. The Bertz CT molecular complexity index is 2030. The van der Waals surface area contributed by atoms with Gasteiger partial charge in [0.2, 0.25) is 17.7 Å². The number of aliphatic hydroxyl groups excluding tert-OH is 1. The second-order valence-electron chi connectivity index (χ2n) is 19.7. The molecule has 0 spiro atoms. The van der Waals surface area contributed by atoms with Crippen LogP contribution in [0.3, 0.4) is 0 Å². The number of hydrogen-bond acceptors (Lipinski definition) is 9. The van der Waals surface area contributed by atoms with Crippen molar-refractivity contribution in [3.8, 4) is 11.1 Å². The van der Waals surface area contributed by atoms with E-state index < -0.39 is 87.7 Å². The average Bonchev–Trinajstić information content (AvgIpc) is 3.59. The molecule has 1 heterocycles. The summed E-state index contributed by atoms with van der Waals surface area (Å²) >= 11 is 0. The number of nitrogens with two attached hydrogens (primary N) is 2. The summed E-state index contributed by atoms with van der Waals surface area (Å²) < 4.78 is 42.7. The van der Waals surface area contributed by atoms with E-state index in [0.717, 1.165) is 28.7 Å². The Balaban J connectivity index is 1.88. The van der Waals surface area contributed by atoms with Crippen molar-refractivity contribution in [2.45, 2.75) is 116 Å².